The molecule has 2 atom stereocenters. The van der Waals surface area contributed by atoms with Gasteiger partial charge in [0.05, 0.1) is 25.0 Å². The molecule has 166 valence electrons. The molecule has 1 amide bonds. The molecule has 0 aromatic heterocycles. The van der Waals surface area contributed by atoms with Gasteiger partial charge in [0.25, 0.3) is 0 Å². The topological polar surface area (TPSA) is 91.3 Å². The van der Waals surface area contributed by atoms with Crippen LogP contribution in [0.4, 0.5) is 5.69 Å². The molecule has 1 fully saturated rings. The zero-order chi connectivity index (χ0) is 22.0. The maximum Gasteiger partial charge on any atom is 0.221 e. The zero-order valence-electron chi connectivity index (χ0n) is 18.0. The summed E-state index contributed by atoms with van der Waals surface area (Å²) in [6.07, 6.45) is 0.994. The van der Waals surface area contributed by atoms with Crippen LogP contribution in [0, 0.1) is 0 Å². The molecule has 31 heavy (non-hydrogen) atoms. The Bertz CT molecular complexity index is 939. The van der Waals surface area contributed by atoms with Gasteiger partial charge in [0.15, 0.2) is 0 Å². The molecule has 0 aliphatic carbocycles. The van der Waals surface area contributed by atoms with E-state index < -0.39 is 12.2 Å². The van der Waals surface area contributed by atoms with E-state index in [0.717, 1.165) is 42.8 Å². The molecule has 1 spiro atoms. The Labute approximate surface area is 182 Å². The number of piperidine rings is 1. The number of nitrogens with zero attached hydrogens (tertiary/aromatic N) is 1. The highest BCUT2D eigenvalue weighted by atomic mass is 16.5. The average molecular weight is 427 g/mol. The van der Waals surface area contributed by atoms with Crippen molar-refractivity contribution in [1.29, 1.82) is 0 Å². The lowest BCUT2D eigenvalue weighted by molar-refractivity contribution is -0.114. The van der Waals surface area contributed by atoms with Crippen LogP contribution in [0.3, 0.4) is 0 Å². The van der Waals surface area contributed by atoms with Crippen LogP contribution in [-0.2, 0) is 4.79 Å². The maximum absolute atomic E-state index is 11.5. The van der Waals surface area contributed by atoms with Crippen molar-refractivity contribution >= 4 is 11.6 Å². The molecule has 2 aromatic carbocycles. The quantitative estimate of drug-likeness (QED) is 0.681. The van der Waals surface area contributed by atoms with Crippen LogP contribution < -0.4 is 14.8 Å². The number of ether oxygens (including phenoxy) is 2. The summed E-state index contributed by atoms with van der Waals surface area (Å²) in [4.78, 5) is 13.7. The van der Waals surface area contributed by atoms with Crippen LogP contribution in [0.5, 0.6) is 11.5 Å². The number of aliphatic hydroxyl groups excluding tert-OH is 2. The second kappa shape index (κ2) is 8.86. The highest BCUT2D eigenvalue weighted by molar-refractivity contribution is 5.90. The number of rotatable bonds is 5. The standard InChI is InChI=1S/C24H30N2O5/c1-16(27)25-19-13-17(7-8-23(19)30-2)21(29)15-26-11-9-24(10-12-26)14-20(28)18-5-3-4-6-22(18)31-24/h3-8,13,20-21,28-29H,9-12,14-15H2,1-2H3,(H,25,27)/t20-,21-/m0/s1. The summed E-state index contributed by atoms with van der Waals surface area (Å²) < 4.78 is 11.6. The minimum atomic E-state index is -0.689. The molecule has 2 aliphatic rings. The van der Waals surface area contributed by atoms with Crippen molar-refractivity contribution in [2.45, 2.75) is 44.0 Å². The van der Waals surface area contributed by atoms with Gasteiger partial charge in [-0.3, -0.25) is 4.79 Å². The Morgan fingerprint density at radius 2 is 2.03 bits per heavy atom. The van der Waals surface area contributed by atoms with Crippen molar-refractivity contribution in [3.8, 4) is 11.5 Å². The third-order valence-electron chi connectivity index (χ3n) is 6.29. The van der Waals surface area contributed by atoms with Gasteiger partial charge in [-0.1, -0.05) is 24.3 Å². The monoisotopic (exact) mass is 426 g/mol. The van der Waals surface area contributed by atoms with Gasteiger partial charge in [-0.2, -0.15) is 0 Å². The second-order valence-corrected chi connectivity index (χ2v) is 8.50. The van der Waals surface area contributed by atoms with Gasteiger partial charge in [0, 0.05) is 38.5 Å². The first-order valence-corrected chi connectivity index (χ1v) is 10.7. The number of aliphatic hydroxyl groups is 2. The number of nitrogens with one attached hydrogen (secondary N) is 1. The number of amides is 1. The summed E-state index contributed by atoms with van der Waals surface area (Å²) in [7, 11) is 1.54. The largest absolute Gasteiger partial charge is 0.495 e. The second-order valence-electron chi connectivity index (χ2n) is 8.50. The lowest BCUT2D eigenvalue weighted by Gasteiger charge is -2.46. The molecule has 0 unspecified atom stereocenters. The van der Waals surface area contributed by atoms with Gasteiger partial charge in [-0.05, 0) is 36.6 Å². The van der Waals surface area contributed by atoms with Gasteiger partial charge in [-0.15, -0.1) is 0 Å². The fraction of sp³-hybridized carbons (Fsp3) is 0.458. The normalized spacial score (nSPS) is 21.1. The number of methoxy groups -OCH3 is 1. The SMILES string of the molecule is COc1ccc([C@@H](O)CN2CCC3(CC2)C[C@H](O)c2ccccc2O3)cc1NC(C)=O. The number of β-amino-alcohol motifs (C(OH)–C–C–N with tert-alkyl or cyclic N) is 1. The lowest BCUT2D eigenvalue weighted by Crippen LogP contribution is -2.51. The smallest absolute Gasteiger partial charge is 0.221 e. The van der Waals surface area contributed by atoms with Gasteiger partial charge in [0.1, 0.15) is 17.1 Å². The number of anilines is 1. The summed E-state index contributed by atoms with van der Waals surface area (Å²) in [5.74, 6) is 1.14. The first kappa shape index (κ1) is 21.6. The molecular formula is C24H30N2O5. The number of hydrogen-bond donors (Lipinski definition) is 3. The van der Waals surface area contributed by atoms with E-state index in [9.17, 15) is 15.0 Å². The van der Waals surface area contributed by atoms with E-state index in [4.69, 9.17) is 9.47 Å². The molecule has 1 saturated heterocycles. The fourth-order valence-corrected chi connectivity index (χ4v) is 4.61. The van der Waals surface area contributed by atoms with E-state index >= 15 is 0 Å². The van der Waals surface area contributed by atoms with E-state index in [1.54, 1.807) is 19.2 Å². The van der Waals surface area contributed by atoms with E-state index in [-0.39, 0.29) is 11.5 Å². The van der Waals surface area contributed by atoms with E-state index in [0.29, 0.717) is 24.4 Å². The predicted molar refractivity (Wildman–Crippen MR) is 117 cm³/mol. The number of benzene rings is 2. The van der Waals surface area contributed by atoms with Crippen LogP contribution in [0.1, 0.15) is 49.5 Å². The average Bonchev–Trinajstić information content (AvgIpc) is 2.75. The molecule has 7 heteroatoms. The molecule has 4 rings (SSSR count). The molecule has 2 heterocycles. The third-order valence-corrected chi connectivity index (χ3v) is 6.29. The van der Waals surface area contributed by atoms with Crippen molar-refractivity contribution in [3.05, 3.63) is 53.6 Å². The molecule has 0 bridgehead atoms. The summed E-state index contributed by atoms with van der Waals surface area (Å²) in [6, 6.07) is 13.0. The Morgan fingerprint density at radius 3 is 2.74 bits per heavy atom. The van der Waals surface area contributed by atoms with Crippen molar-refractivity contribution in [3.63, 3.8) is 0 Å². The first-order valence-electron chi connectivity index (χ1n) is 10.7. The zero-order valence-corrected chi connectivity index (χ0v) is 18.0. The van der Waals surface area contributed by atoms with Gasteiger partial charge in [-0.25, -0.2) is 0 Å². The molecule has 2 aliphatic heterocycles. The molecule has 7 nitrogen and oxygen atoms in total. The minimum absolute atomic E-state index is 0.192. The molecule has 0 saturated carbocycles. The fourth-order valence-electron chi connectivity index (χ4n) is 4.61. The molecular weight excluding hydrogens is 396 g/mol. The van der Waals surface area contributed by atoms with E-state index in [1.165, 1.54) is 6.92 Å². The highest BCUT2D eigenvalue weighted by Gasteiger charge is 2.42. The summed E-state index contributed by atoms with van der Waals surface area (Å²) in [5.41, 5.74) is 1.78. The molecule has 2 aromatic rings. The Hall–Kier alpha value is -2.61. The molecule has 3 N–H and O–H groups in total. The summed E-state index contributed by atoms with van der Waals surface area (Å²) in [6.45, 7) is 3.48. The Morgan fingerprint density at radius 1 is 1.29 bits per heavy atom. The van der Waals surface area contributed by atoms with E-state index in [2.05, 4.69) is 10.2 Å². The number of likely N-dealkylation sites (tertiary alicyclic amines) is 1. The van der Waals surface area contributed by atoms with Crippen LogP contribution in [0.2, 0.25) is 0 Å². The van der Waals surface area contributed by atoms with Crippen molar-refractivity contribution < 1.29 is 24.5 Å². The van der Waals surface area contributed by atoms with Crippen LogP contribution in [0.15, 0.2) is 42.5 Å². The number of para-hydroxylation sites is 1. The van der Waals surface area contributed by atoms with Crippen molar-refractivity contribution in [2.75, 3.05) is 32.1 Å². The van der Waals surface area contributed by atoms with Crippen LogP contribution in [0.25, 0.3) is 0 Å². The highest BCUT2D eigenvalue weighted by Crippen LogP contribution is 2.44. The summed E-state index contributed by atoms with van der Waals surface area (Å²) >= 11 is 0. The van der Waals surface area contributed by atoms with Crippen molar-refractivity contribution in [2.24, 2.45) is 0 Å². The third kappa shape index (κ3) is 4.69. The van der Waals surface area contributed by atoms with Crippen molar-refractivity contribution in [1.82, 2.24) is 4.90 Å². The van der Waals surface area contributed by atoms with Crippen LogP contribution >= 0.6 is 0 Å². The summed E-state index contributed by atoms with van der Waals surface area (Å²) in [5, 5.41) is 24.1. The minimum Gasteiger partial charge on any atom is -0.495 e. The molecule has 0 radical (unpaired) electrons. The van der Waals surface area contributed by atoms with Crippen LogP contribution in [-0.4, -0.2) is 53.4 Å². The van der Waals surface area contributed by atoms with E-state index in [1.807, 2.05) is 30.3 Å². The van der Waals surface area contributed by atoms with Gasteiger partial charge in [0.2, 0.25) is 5.91 Å². The number of fused-ring (bicyclic) bond motifs is 1. The number of hydrogen-bond acceptors (Lipinski definition) is 6. The number of carbonyl (C=O) groups excluding carboxylic acids is 1. The Kier molecular flexibility index (Phi) is 6.18. The number of carbonyl (C=O) groups is 1. The van der Waals surface area contributed by atoms with Gasteiger partial charge >= 0.3 is 0 Å². The maximum atomic E-state index is 11.5. The lowest BCUT2D eigenvalue weighted by atomic mass is 9.81. The first-order chi connectivity index (χ1) is 14.9. The Balaban J connectivity index is 1.39. The predicted octanol–water partition coefficient (Wildman–Crippen LogP) is 3.04. The van der Waals surface area contributed by atoms with Gasteiger partial charge < -0.3 is 29.9 Å².